The quantitative estimate of drug-likeness (QED) is 0.399. The van der Waals surface area contributed by atoms with Gasteiger partial charge in [0.1, 0.15) is 16.6 Å². The first-order chi connectivity index (χ1) is 19.8. The molecule has 2 atom stereocenters. The molecule has 1 fully saturated rings. The van der Waals surface area contributed by atoms with E-state index in [1.165, 1.54) is 33.6 Å². The first-order valence-electron chi connectivity index (χ1n) is 14.2. The average Bonchev–Trinajstić information content (AvgIpc) is 3.57. The number of halogens is 1. The van der Waals surface area contributed by atoms with Crippen LogP contribution in [0.25, 0.3) is 16.8 Å². The van der Waals surface area contributed by atoms with Gasteiger partial charge in [-0.1, -0.05) is 66.6 Å². The minimum atomic E-state index is -0.365. The molecule has 1 saturated heterocycles. The van der Waals surface area contributed by atoms with E-state index in [0.29, 0.717) is 41.1 Å². The molecule has 0 bridgehead atoms. The fourth-order valence-corrected chi connectivity index (χ4v) is 7.33. The van der Waals surface area contributed by atoms with E-state index >= 15 is 0 Å². The Morgan fingerprint density at radius 1 is 1.22 bits per heavy atom. The third-order valence-corrected chi connectivity index (χ3v) is 10.0. The van der Waals surface area contributed by atoms with Crippen LogP contribution in [0.4, 0.5) is 5.13 Å². The van der Waals surface area contributed by atoms with E-state index in [0.717, 1.165) is 43.0 Å². The van der Waals surface area contributed by atoms with Gasteiger partial charge in [0.25, 0.3) is 0 Å². The van der Waals surface area contributed by atoms with Crippen molar-refractivity contribution in [3.8, 4) is 17.3 Å². The molecule has 0 saturated carbocycles. The number of benzene rings is 2. The van der Waals surface area contributed by atoms with E-state index in [-0.39, 0.29) is 18.1 Å². The van der Waals surface area contributed by atoms with Gasteiger partial charge in [0.05, 0.1) is 18.7 Å². The molecular weight excluding hydrogens is 554 g/mol. The summed E-state index contributed by atoms with van der Waals surface area (Å²) in [5.41, 5.74) is 6.89. The second kappa shape index (κ2) is 11.6. The Hall–Kier alpha value is -3.22. The summed E-state index contributed by atoms with van der Waals surface area (Å²) in [7, 11) is 2.10. The second-order valence-corrected chi connectivity index (χ2v) is 12.7. The molecule has 3 heterocycles. The highest BCUT2D eigenvalue weighted by Crippen LogP contribution is 2.46. The molecule has 9 heteroatoms. The monoisotopic (exact) mass is 587 g/mol. The normalized spacial score (nSPS) is 20.8. The van der Waals surface area contributed by atoms with Crippen molar-refractivity contribution in [2.24, 2.45) is 5.92 Å². The number of fused-ring (bicyclic) bond motifs is 1. The molecule has 6 rings (SSSR count). The molecule has 0 spiro atoms. The van der Waals surface area contributed by atoms with Gasteiger partial charge in [-0.2, -0.15) is 5.26 Å². The Morgan fingerprint density at radius 2 is 1.98 bits per heavy atom. The van der Waals surface area contributed by atoms with Crippen molar-refractivity contribution in [2.45, 2.75) is 38.3 Å². The summed E-state index contributed by atoms with van der Waals surface area (Å²) in [4.78, 5) is 24.2. The molecule has 3 aliphatic rings. The summed E-state index contributed by atoms with van der Waals surface area (Å²) >= 11 is 7.54. The number of carbonyl (C=O) groups excluding carboxylic acids is 1. The minimum Gasteiger partial charge on any atom is -0.389 e. The van der Waals surface area contributed by atoms with Crippen LogP contribution in [0.1, 0.15) is 47.4 Å². The van der Waals surface area contributed by atoms with Gasteiger partial charge < -0.3 is 14.9 Å². The Morgan fingerprint density at radius 3 is 2.63 bits per heavy atom. The third kappa shape index (κ3) is 5.52. The Bertz CT molecular complexity index is 1520. The lowest BCUT2D eigenvalue weighted by molar-refractivity contribution is -0.142. The highest BCUT2D eigenvalue weighted by molar-refractivity contribution is 7.16. The maximum Gasteiger partial charge on any atom is 0.236 e. The van der Waals surface area contributed by atoms with Crippen molar-refractivity contribution in [3.63, 3.8) is 0 Å². The molecule has 41 heavy (non-hydrogen) atoms. The molecule has 2 unspecified atom stereocenters. The lowest BCUT2D eigenvalue weighted by atomic mass is 9.93. The zero-order valence-corrected chi connectivity index (χ0v) is 25.0. The summed E-state index contributed by atoms with van der Waals surface area (Å²) in [5.74, 6) is 0.558. The maximum atomic E-state index is 12.5. The summed E-state index contributed by atoms with van der Waals surface area (Å²) in [6.07, 6.45) is 4.87. The molecule has 0 radical (unpaired) electrons. The molecule has 1 aliphatic carbocycles. The van der Waals surface area contributed by atoms with Crippen molar-refractivity contribution in [3.05, 3.63) is 75.1 Å². The van der Waals surface area contributed by atoms with Gasteiger partial charge in [0.15, 0.2) is 5.13 Å². The number of aromatic nitrogens is 1. The van der Waals surface area contributed by atoms with Gasteiger partial charge in [-0.25, -0.2) is 4.98 Å². The maximum absolute atomic E-state index is 12.5. The van der Waals surface area contributed by atoms with Crippen LogP contribution in [-0.4, -0.2) is 71.7 Å². The van der Waals surface area contributed by atoms with E-state index < -0.39 is 0 Å². The largest absolute Gasteiger partial charge is 0.389 e. The summed E-state index contributed by atoms with van der Waals surface area (Å²) in [5, 5.41) is 20.9. The van der Waals surface area contributed by atoms with Crippen molar-refractivity contribution < 1.29 is 9.90 Å². The Balaban J connectivity index is 1.22. The third-order valence-electron chi connectivity index (χ3n) is 8.71. The number of likely N-dealkylation sites (tertiary alicyclic amines) is 1. The number of amides is 1. The highest BCUT2D eigenvalue weighted by Gasteiger charge is 2.36. The van der Waals surface area contributed by atoms with Crippen LogP contribution in [-0.2, 0) is 11.2 Å². The van der Waals surface area contributed by atoms with Crippen LogP contribution in [0, 0.1) is 17.2 Å². The van der Waals surface area contributed by atoms with Gasteiger partial charge in [0.2, 0.25) is 5.91 Å². The van der Waals surface area contributed by atoms with E-state index in [4.69, 9.17) is 16.6 Å². The number of anilines is 1. The number of aliphatic hydroxyl groups is 1. The molecule has 7 nitrogen and oxygen atoms in total. The number of nitriles is 1. The van der Waals surface area contributed by atoms with Gasteiger partial charge in [0, 0.05) is 43.8 Å². The zero-order chi connectivity index (χ0) is 28.7. The van der Waals surface area contributed by atoms with Crippen LogP contribution < -0.4 is 4.90 Å². The number of aliphatic hydroxyl groups excluding tert-OH is 1. The number of β-amino-alcohol motifs (C(OH)–C–C–N with tert-alkyl or cyclic N) is 1. The second-order valence-electron chi connectivity index (χ2n) is 11.3. The number of rotatable bonds is 7. The van der Waals surface area contributed by atoms with Crippen LogP contribution in [0.3, 0.4) is 0 Å². The van der Waals surface area contributed by atoms with E-state index in [1.54, 1.807) is 4.90 Å². The lowest BCUT2D eigenvalue weighted by Gasteiger charge is -2.37. The molecule has 1 amide bonds. The van der Waals surface area contributed by atoms with Crippen LogP contribution in [0.2, 0.25) is 5.02 Å². The predicted molar refractivity (Wildman–Crippen MR) is 164 cm³/mol. The molecule has 2 aromatic carbocycles. The van der Waals surface area contributed by atoms with Gasteiger partial charge in [-0.3, -0.25) is 9.69 Å². The van der Waals surface area contributed by atoms with Gasteiger partial charge in [-0.05, 0) is 59.2 Å². The first kappa shape index (κ1) is 27.9. The number of hydrogen-bond acceptors (Lipinski definition) is 7. The van der Waals surface area contributed by atoms with Crippen molar-refractivity contribution in [2.75, 3.05) is 44.7 Å². The van der Waals surface area contributed by atoms with Crippen LogP contribution in [0.5, 0.6) is 0 Å². The number of nitrogens with zero attached hydrogens (tertiary/aromatic N) is 5. The van der Waals surface area contributed by atoms with E-state index in [2.05, 4.69) is 54.1 Å². The van der Waals surface area contributed by atoms with Crippen molar-refractivity contribution in [1.29, 1.82) is 5.26 Å². The number of thiazole rings is 1. The van der Waals surface area contributed by atoms with Gasteiger partial charge >= 0.3 is 0 Å². The molecule has 212 valence electrons. The van der Waals surface area contributed by atoms with Crippen molar-refractivity contribution in [1.82, 2.24) is 14.8 Å². The van der Waals surface area contributed by atoms with Crippen LogP contribution >= 0.6 is 22.9 Å². The SMILES string of the molecule is CCC1Cc2ccc(C3=CCN(CC(=O)N4CC(O)C4)CC3)cc2C1N(C)c1nc(-c2ccc(Cl)cc2)c(C#N)s1. The Kier molecular flexibility index (Phi) is 7.88. The summed E-state index contributed by atoms with van der Waals surface area (Å²) in [6, 6.07) is 16.9. The summed E-state index contributed by atoms with van der Waals surface area (Å²) < 4.78 is 0. The molecule has 1 N–H and O–H groups in total. The zero-order valence-electron chi connectivity index (χ0n) is 23.4. The van der Waals surface area contributed by atoms with Crippen LogP contribution in [0.15, 0.2) is 48.5 Å². The molecule has 3 aromatic rings. The van der Waals surface area contributed by atoms with Gasteiger partial charge in [-0.15, -0.1) is 0 Å². The van der Waals surface area contributed by atoms with E-state index in [1.807, 2.05) is 24.3 Å². The smallest absolute Gasteiger partial charge is 0.236 e. The average molecular weight is 588 g/mol. The first-order valence-corrected chi connectivity index (χ1v) is 15.4. The standard InChI is InChI=1S/C32H34ClN5O2S/c1-3-20-14-24-5-4-23(21-10-12-37(13-11-21)19-29(40)38-17-26(39)18-38)15-27(24)31(20)36(2)32-35-30(28(16-34)41-32)22-6-8-25(33)9-7-22/h4-10,15,20,26,31,39H,3,11-14,17-19H2,1-2H3. The van der Waals surface area contributed by atoms with Crippen molar-refractivity contribution >= 4 is 39.5 Å². The number of hydrogen-bond donors (Lipinski definition) is 1. The minimum absolute atomic E-state index is 0.0992. The Labute approximate surface area is 250 Å². The lowest BCUT2D eigenvalue weighted by Crippen LogP contribution is -2.56. The predicted octanol–water partition coefficient (Wildman–Crippen LogP) is 5.39. The fraction of sp³-hybridized carbons (Fsp3) is 0.406. The summed E-state index contributed by atoms with van der Waals surface area (Å²) in [6.45, 7) is 5.16. The molecule has 2 aliphatic heterocycles. The topological polar surface area (TPSA) is 83.7 Å². The molecular formula is C32H34ClN5O2S. The number of carbonyl (C=O) groups is 1. The highest BCUT2D eigenvalue weighted by atomic mass is 35.5. The molecule has 1 aromatic heterocycles. The fourth-order valence-electron chi connectivity index (χ4n) is 6.32. The van der Waals surface area contributed by atoms with E-state index in [9.17, 15) is 15.2 Å².